The molecule has 1 nitrogen and oxygen atoms in total. The van der Waals surface area contributed by atoms with Gasteiger partial charge in [-0.25, -0.2) is 0 Å². The van der Waals surface area contributed by atoms with Crippen LogP contribution in [0.5, 0.6) is 0 Å². The van der Waals surface area contributed by atoms with Gasteiger partial charge in [0, 0.05) is 0 Å². The Bertz CT molecular complexity index is 517. The second-order valence-electron chi connectivity index (χ2n) is 4.69. The molecule has 0 heterocycles. The summed E-state index contributed by atoms with van der Waals surface area (Å²) in [6.07, 6.45) is 5.30. The van der Waals surface area contributed by atoms with Gasteiger partial charge in [-0.15, -0.1) is 6.42 Å². The normalized spacial score (nSPS) is 12.7. The van der Waals surface area contributed by atoms with E-state index in [1.54, 1.807) is 0 Å². The molecule has 0 aliphatic heterocycles. The van der Waals surface area contributed by atoms with E-state index in [9.17, 15) is 0 Å². The minimum atomic E-state index is -2.23. The third-order valence-corrected chi connectivity index (χ3v) is 6.99. The minimum Gasteiger partial charge on any atom is -0.395 e. The summed E-state index contributed by atoms with van der Waals surface area (Å²) in [5, 5.41) is 2.48. The molecular formula is C17H18OSi. The number of hydrogen-bond acceptors (Lipinski definition) is 1. The van der Waals surface area contributed by atoms with Crippen LogP contribution >= 0.6 is 0 Å². The molecule has 19 heavy (non-hydrogen) atoms. The van der Waals surface area contributed by atoms with Crippen LogP contribution in [0.4, 0.5) is 0 Å². The molecule has 0 amide bonds. The first-order chi connectivity index (χ1) is 9.16. The average Bonchev–Trinajstić information content (AvgIpc) is 2.48. The first kappa shape index (κ1) is 13.6. The fourth-order valence-corrected chi connectivity index (χ4v) is 5.24. The van der Waals surface area contributed by atoms with E-state index in [4.69, 9.17) is 10.8 Å². The number of terminal acetylenes is 1. The molecule has 2 rings (SSSR count). The maximum atomic E-state index is 6.26. The maximum Gasteiger partial charge on any atom is 0.254 e. The molecule has 0 fully saturated rings. The molecule has 0 saturated heterocycles. The Hall–Kier alpha value is -1.82. The smallest absolute Gasteiger partial charge is 0.254 e. The van der Waals surface area contributed by atoms with E-state index >= 15 is 0 Å². The summed E-state index contributed by atoms with van der Waals surface area (Å²) in [5.74, 6) is 2.67. The van der Waals surface area contributed by atoms with Crippen molar-refractivity contribution in [3.63, 3.8) is 0 Å². The van der Waals surface area contributed by atoms with E-state index in [-0.39, 0.29) is 6.10 Å². The summed E-state index contributed by atoms with van der Waals surface area (Å²) < 4.78 is 6.26. The lowest BCUT2D eigenvalue weighted by molar-refractivity contribution is 0.279. The van der Waals surface area contributed by atoms with Crippen LogP contribution in [-0.2, 0) is 4.43 Å². The van der Waals surface area contributed by atoms with Crippen LogP contribution in [0.25, 0.3) is 0 Å². The van der Waals surface area contributed by atoms with E-state index in [0.717, 1.165) is 0 Å². The van der Waals surface area contributed by atoms with Crippen LogP contribution in [0.1, 0.15) is 6.92 Å². The van der Waals surface area contributed by atoms with Gasteiger partial charge in [-0.1, -0.05) is 66.6 Å². The summed E-state index contributed by atoms with van der Waals surface area (Å²) in [4.78, 5) is 0. The summed E-state index contributed by atoms with van der Waals surface area (Å²) in [7, 11) is -2.23. The largest absolute Gasteiger partial charge is 0.395 e. The molecule has 0 aliphatic carbocycles. The molecule has 2 aromatic carbocycles. The van der Waals surface area contributed by atoms with Gasteiger partial charge >= 0.3 is 0 Å². The van der Waals surface area contributed by atoms with Crippen molar-refractivity contribution >= 4 is 18.7 Å². The molecule has 0 spiro atoms. The zero-order valence-corrected chi connectivity index (χ0v) is 12.3. The van der Waals surface area contributed by atoms with Gasteiger partial charge < -0.3 is 4.43 Å². The standard InChI is InChI=1S/C17H18OSi/c1-4-15(2)18-19(3,16-11-7-5-8-12-16)17-13-9-6-10-14-17/h1,5-15H,2-3H3. The monoisotopic (exact) mass is 266 g/mol. The van der Waals surface area contributed by atoms with Gasteiger partial charge in [-0.3, -0.25) is 0 Å². The highest BCUT2D eigenvalue weighted by atomic mass is 28.4. The van der Waals surface area contributed by atoms with Gasteiger partial charge in [-0.05, 0) is 23.8 Å². The Balaban J connectivity index is 2.48. The van der Waals surface area contributed by atoms with Crippen molar-refractivity contribution in [2.45, 2.75) is 19.6 Å². The van der Waals surface area contributed by atoms with Crippen molar-refractivity contribution in [3.05, 3.63) is 60.7 Å². The molecule has 0 N–H and O–H groups in total. The van der Waals surface area contributed by atoms with E-state index in [1.807, 2.05) is 43.3 Å². The lowest BCUT2D eigenvalue weighted by Gasteiger charge is -2.30. The van der Waals surface area contributed by atoms with Crippen molar-refractivity contribution in [2.75, 3.05) is 0 Å². The summed E-state index contributed by atoms with van der Waals surface area (Å²) in [5.41, 5.74) is 0. The summed E-state index contributed by atoms with van der Waals surface area (Å²) in [6.45, 7) is 4.13. The highest BCUT2D eigenvalue weighted by Gasteiger charge is 2.35. The minimum absolute atomic E-state index is 0.183. The third kappa shape index (κ3) is 2.95. The maximum absolute atomic E-state index is 6.26. The molecular weight excluding hydrogens is 248 g/mol. The number of benzene rings is 2. The fourth-order valence-electron chi connectivity index (χ4n) is 2.20. The highest BCUT2D eigenvalue weighted by Crippen LogP contribution is 2.10. The van der Waals surface area contributed by atoms with E-state index in [1.165, 1.54) is 10.4 Å². The molecule has 0 saturated carbocycles. The lowest BCUT2D eigenvalue weighted by atomic mass is 10.4. The Kier molecular flexibility index (Phi) is 4.21. The zero-order valence-electron chi connectivity index (χ0n) is 11.3. The molecule has 1 atom stereocenters. The van der Waals surface area contributed by atoms with Crippen molar-refractivity contribution < 1.29 is 4.43 Å². The molecule has 1 unspecified atom stereocenters. The molecule has 2 heteroatoms. The van der Waals surface area contributed by atoms with Gasteiger partial charge in [0.05, 0.1) is 0 Å². The van der Waals surface area contributed by atoms with Gasteiger partial charge in [0.15, 0.2) is 0 Å². The quantitative estimate of drug-likeness (QED) is 0.610. The second-order valence-corrected chi connectivity index (χ2v) is 8.15. The molecule has 2 aromatic rings. The Morgan fingerprint density at radius 1 is 0.947 bits per heavy atom. The third-order valence-electron chi connectivity index (χ3n) is 3.30. The van der Waals surface area contributed by atoms with Gasteiger partial charge in [0.25, 0.3) is 8.32 Å². The van der Waals surface area contributed by atoms with Crippen LogP contribution < -0.4 is 10.4 Å². The average molecular weight is 266 g/mol. The molecule has 96 valence electrons. The molecule has 0 radical (unpaired) electrons. The van der Waals surface area contributed by atoms with Crippen LogP contribution in [0.15, 0.2) is 60.7 Å². The molecule has 0 bridgehead atoms. The van der Waals surface area contributed by atoms with Crippen molar-refractivity contribution in [2.24, 2.45) is 0 Å². The first-order valence-electron chi connectivity index (χ1n) is 6.42. The van der Waals surface area contributed by atoms with Crippen LogP contribution in [0, 0.1) is 12.3 Å². The van der Waals surface area contributed by atoms with E-state index < -0.39 is 8.32 Å². The van der Waals surface area contributed by atoms with Gasteiger partial charge in [0.1, 0.15) is 6.10 Å². The topological polar surface area (TPSA) is 9.23 Å². The molecule has 0 aliphatic rings. The highest BCUT2D eigenvalue weighted by molar-refractivity contribution is 6.96. The van der Waals surface area contributed by atoms with Crippen LogP contribution in [-0.4, -0.2) is 14.4 Å². The van der Waals surface area contributed by atoms with Crippen molar-refractivity contribution in [1.82, 2.24) is 0 Å². The SMILES string of the molecule is C#CC(C)O[Si](C)(c1ccccc1)c1ccccc1. The second kappa shape index (κ2) is 5.88. The number of rotatable bonds is 4. The Morgan fingerprint density at radius 3 is 1.74 bits per heavy atom. The van der Waals surface area contributed by atoms with E-state index in [0.29, 0.717) is 0 Å². The molecule has 0 aromatic heterocycles. The Morgan fingerprint density at radius 2 is 1.37 bits per heavy atom. The number of hydrogen-bond donors (Lipinski definition) is 0. The fraction of sp³-hybridized carbons (Fsp3) is 0.176. The first-order valence-corrected chi connectivity index (χ1v) is 8.82. The van der Waals surface area contributed by atoms with Crippen molar-refractivity contribution in [3.8, 4) is 12.3 Å². The van der Waals surface area contributed by atoms with Crippen molar-refractivity contribution in [1.29, 1.82) is 0 Å². The van der Waals surface area contributed by atoms with Crippen LogP contribution in [0.3, 0.4) is 0 Å². The predicted molar refractivity (Wildman–Crippen MR) is 83.2 cm³/mol. The zero-order chi connectivity index (χ0) is 13.7. The Labute approximate surface area is 116 Å². The van der Waals surface area contributed by atoms with Gasteiger partial charge in [0.2, 0.25) is 0 Å². The van der Waals surface area contributed by atoms with Gasteiger partial charge in [-0.2, -0.15) is 0 Å². The summed E-state index contributed by atoms with van der Waals surface area (Å²) >= 11 is 0. The summed E-state index contributed by atoms with van der Waals surface area (Å²) in [6, 6.07) is 20.7. The lowest BCUT2D eigenvalue weighted by Crippen LogP contribution is -2.59. The van der Waals surface area contributed by atoms with Crippen LogP contribution in [0.2, 0.25) is 6.55 Å². The van der Waals surface area contributed by atoms with E-state index in [2.05, 4.69) is 36.7 Å². The predicted octanol–water partition coefficient (Wildman–Crippen LogP) is 2.41.